The number of aryl methyl sites for hydroxylation is 1. The van der Waals surface area contributed by atoms with Crippen molar-refractivity contribution in [2.75, 3.05) is 6.54 Å². The first-order chi connectivity index (χ1) is 9.22. The fraction of sp³-hybridized carbons (Fsp3) is 0.375. The van der Waals surface area contributed by atoms with Crippen LogP contribution in [0.5, 0.6) is 0 Å². The molecule has 100 valence electrons. The molecule has 1 aliphatic rings. The van der Waals surface area contributed by atoms with Crippen LogP contribution in [0.3, 0.4) is 0 Å². The SMILES string of the molecule is Cc1cccc([C@H]2CCCN2Cc2ccc(Br)s2)c1. The molecule has 0 radical (unpaired) electrons. The molecule has 3 heteroatoms. The minimum Gasteiger partial charge on any atom is -0.291 e. The van der Waals surface area contributed by atoms with Gasteiger partial charge in [-0.3, -0.25) is 4.90 Å². The maximum atomic E-state index is 3.55. The van der Waals surface area contributed by atoms with Gasteiger partial charge in [-0.2, -0.15) is 0 Å². The first-order valence-electron chi connectivity index (χ1n) is 6.77. The summed E-state index contributed by atoms with van der Waals surface area (Å²) < 4.78 is 1.23. The third-order valence-electron chi connectivity index (χ3n) is 3.78. The zero-order chi connectivity index (χ0) is 13.2. The van der Waals surface area contributed by atoms with Crippen molar-refractivity contribution in [1.29, 1.82) is 0 Å². The molecule has 0 N–H and O–H groups in total. The number of likely N-dealkylation sites (tertiary alicyclic amines) is 1. The summed E-state index contributed by atoms with van der Waals surface area (Å²) in [6, 6.07) is 14.0. The minimum atomic E-state index is 0.598. The molecule has 1 nitrogen and oxygen atoms in total. The summed E-state index contributed by atoms with van der Waals surface area (Å²) in [6.07, 6.45) is 2.60. The molecule has 1 aromatic heterocycles. The molecule has 0 unspecified atom stereocenters. The predicted octanol–water partition coefficient (Wildman–Crippen LogP) is 5.16. The number of halogens is 1. The number of rotatable bonds is 3. The van der Waals surface area contributed by atoms with E-state index in [4.69, 9.17) is 0 Å². The maximum absolute atomic E-state index is 3.55. The monoisotopic (exact) mass is 335 g/mol. The van der Waals surface area contributed by atoms with Crippen molar-refractivity contribution in [1.82, 2.24) is 4.90 Å². The lowest BCUT2D eigenvalue weighted by Crippen LogP contribution is -2.22. The van der Waals surface area contributed by atoms with E-state index in [2.05, 4.69) is 64.2 Å². The minimum absolute atomic E-state index is 0.598. The van der Waals surface area contributed by atoms with E-state index >= 15 is 0 Å². The molecule has 1 aliphatic heterocycles. The van der Waals surface area contributed by atoms with Crippen molar-refractivity contribution >= 4 is 27.3 Å². The van der Waals surface area contributed by atoms with E-state index in [-0.39, 0.29) is 0 Å². The fourth-order valence-electron chi connectivity index (χ4n) is 2.91. The van der Waals surface area contributed by atoms with Crippen LogP contribution >= 0.6 is 27.3 Å². The molecule has 0 amide bonds. The molecule has 0 saturated carbocycles. The van der Waals surface area contributed by atoms with E-state index in [1.165, 1.54) is 39.2 Å². The van der Waals surface area contributed by atoms with Crippen LogP contribution in [0, 0.1) is 6.92 Å². The molecule has 0 aliphatic carbocycles. The van der Waals surface area contributed by atoms with Crippen LogP contribution in [0.1, 0.15) is 34.9 Å². The molecule has 0 spiro atoms. The second-order valence-corrected chi connectivity index (χ2v) is 7.80. The van der Waals surface area contributed by atoms with E-state index in [1.807, 2.05) is 11.3 Å². The summed E-state index contributed by atoms with van der Waals surface area (Å²) in [5.41, 5.74) is 2.84. The van der Waals surface area contributed by atoms with Crippen LogP contribution in [0.4, 0.5) is 0 Å². The smallest absolute Gasteiger partial charge is 0.0701 e. The average Bonchev–Trinajstić information content (AvgIpc) is 2.99. The number of nitrogens with zero attached hydrogens (tertiary/aromatic N) is 1. The number of hydrogen-bond donors (Lipinski definition) is 0. The van der Waals surface area contributed by atoms with Gasteiger partial charge in [0.2, 0.25) is 0 Å². The number of benzene rings is 1. The molecule has 19 heavy (non-hydrogen) atoms. The average molecular weight is 336 g/mol. The van der Waals surface area contributed by atoms with Gasteiger partial charge in [-0.25, -0.2) is 0 Å². The van der Waals surface area contributed by atoms with E-state index in [0.29, 0.717) is 6.04 Å². The standard InChI is InChI=1S/C16H18BrNS/c1-12-4-2-5-13(10-12)15-6-3-9-18(15)11-14-7-8-16(17)19-14/h2,4-5,7-8,10,15H,3,6,9,11H2,1H3/t15-/m1/s1. The molecule has 2 heterocycles. The third kappa shape index (κ3) is 3.10. The first kappa shape index (κ1) is 13.3. The summed E-state index contributed by atoms with van der Waals surface area (Å²) in [5.74, 6) is 0. The number of thiophene rings is 1. The van der Waals surface area contributed by atoms with Crippen molar-refractivity contribution < 1.29 is 0 Å². The highest BCUT2D eigenvalue weighted by Crippen LogP contribution is 2.34. The van der Waals surface area contributed by atoms with Gasteiger partial charge in [-0.05, 0) is 59.9 Å². The topological polar surface area (TPSA) is 3.24 Å². The van der Waals surface area contributed by atoms with Gasteiger partial charge in [0.25, 0.3) is 0 Å². The Labute approximate surface area is 127 Å². The van der Waals surface area contributed by atoms with Gasteiger partial charge in [0.1, 0.15) is 0 Å². The molecule has 1 fully saturated rings. The largest absolute Gasteiger partial charge is 0.291 e. The molecule has 0 bridgehead atoms. The second kappa shape index (κ2) is 5.78. The Morgan fingerprint density at radius 1 is 1.32 bits per heavy atom. The van der Waals surface area contributed by atoms with E-state index in [9.17, 15) is 0 Å². The van der Waals surface area contributed by atoms with Crippen LogP contribution in [-0.2, 0) is 6.54 Å². The van der Waals surface area contributed by atoms with Gasteiger partial charge in [-0.15, -0.1) is 11.3 Å². The normalized spacial score (nSPS) is 20.0. The van der Waals surface area contributed by atoms with Crippen LogP contribution in [0.25, 0.3) is 0 Å². The van der Waals surface area contributed by atoms with E-state index < -0.39 is 0 Å². The Morgan fingerprint density at radius 2 is 2.21 bits per heavy atom. The van der Waals surface area contributed by atoms with Crippen molar-refractivity contribution in [3.8, 4) is 0 Å². The molecule has 1 aromatic carbocycles. The lowest BCUT2D eigenvalue weighted by Gasteiger charge is -2.24. The zero-order valence-electron chi connectivity index (χ0n) is 11.1. The fourth-order valence-corrected chi connectivity index (χ4v) is 4.42. The zero-order valence-corrected chi connectivity index (χ0v) is 13.5. The molecular formula is C16H18BrNS. The Hall–Kier alpha value is -0.640. The van der Waals surface area contributed by atoms with Crippen LogP contribution in [-0.4, -0.2) is 11.4 Å². The summed E-state index contributed by atoms with van der Waals surface area (Å²) >= 11 is 5.40. The Balaban J connectivity index is 1.78. The lowest BCUT2D eigenvalue weighted by molar-refractivity contribution is 0.250. The summed E-state index contributed by atoms with van der Waals surface area (Å²) in [4.78, 5) is 4.07. The molecule has 1 saturated heterocycles. The highest BCUT2D eigenvalue weighted by molar-refractivity contribution is 9.11. The summed E-state index contributed by atoms with van der Waals surface area (Å²) in [7, 11) is 0. The van der Waals surface area contributed by atoms with Crippen molar-refractivity contribution in [3.05, 3.63) is 56.2 Å². The van der Waals surface area contributed by atoms with Crippen LogP contribution < -0.4 is 0 Å². The second-order valence-electron chi connectivity index (χ2n) is 5.25. The predicted molar refractivity (Wildman–Crippen MR) is 85.6 cm³/mol. The Bertz CT molecular complexity index is 563. The quantitative estimate of drug-likeness (QED) is 0.749. The van der Waals surface area contributed by atoms with Crippen molar-refractivity contribution in [3.63, 3.8) is 0 Å². The Morgan fingerprint density at radius 3 is 2.95 bits per heavy atom. The van der Waals surface area contributed by atoms with Gasteiger partial charge >= 0.3 is 0 Å². The molecular weight excluding hydrogens is 318 g/mol. The van der Waals surface area contributed by atoms with E-state index in [0.717, 1.165) is 6.54 Å². The van der Waals surface area contributed by atoms with Gasteiger partial charge in [0.15, 0.2) is 0 Å². The van der Waals surface area contributed by atoms with Gasteiger partial charge in [0.05, 0.1) is 3.79 Å². The Kier molecular flexibility index (Phi) is 4.06. The van der Waals surface area contributed by atoms with E-state index in [1.54, 1.807) is 0 Å². The maximum Gasteiger partial charge on any atom is 0.0701 e. The highest BCUT2D eigenvalue weighted by Gasteiger charge is 2.26. The highest BCUT2D eigenvalue weighted by atomic mass is 79.9. The van der Waals surface area contributed by atoms with Gasteiger partial charge in [-0.1, -0.05) is 29.8 Å². The first-order valence-corrected chi connectivity index (χ1v) is 8.38. The molecule has 3 rings (SSSR count). The molecule has 2 aromatic rings. The lowest BCUT2D eigenvalue weighted by atomic mass is 10.0. The van der Waals surface area contributed by atoms with Crippen molar-refractivity contribution in [2.45, 2.75) is 32.4 Å². The molecule has 1 atom stereocenters. The van der Waals surface area contributed by atoms with Gasteiger partial charge < -0.3 is 0 Å². The van der Waals surface area contributed by atoms with Crippen LogP contribution in [0.15, 0.2) is 40.2 Å². The van der Waals surface area contributed by atoms with Crippen LogP contribution in [0.2, 0.25) is 0 Å². The third-order valence-corrected chi connectivity index (χ3v) is 5.39. The summed E-state index contributed by atoms with van der Waals surface area (Å²) in [5, 5.41) is 0. The number of hydrogen-bond acceptors (Lipinski definition) is 2. The van der Waals surface area contributed by atoms with Crippen molar-refractivity contribution in [2.24, 2.45) is 0 Å². The van der Waals surface area contributed by atoms with Gasteiger partial charge in [0, 0.05) is 17.5 Å². The summed E-state index contributed by atoms with van der Waals surface area (Å²) in [6.45, 7) is 4.47.